The maximum absolute atomic E-state index is 12.7. The Balaban J connectivity index is 1.69. The van der Waals surface area contributed by atoms with Crippen molar-refractivity contribution in [3.8, 4) is 5.75 Å². The summed E-state index contributed by atoms with van der Waals surface area (Å²) >= 11 is 3.14. The van der Waals surface area contributed by atoms with Crippen molar-refractivity contribution < 1.29 is 9.47 Å². The van der Waals surface area contributed by atoms with Gasteiger partial charge in [-0.3, -0.25) is 4.79 Å². The molecule has 0 saturated carbocycles. The van der Waals surface area contributed by atoms with Crippen molar-refractivity contribution in [2.24, 2.45) is 0 Å². The molecule has 0 aliphatic rings. The van der Waals surface area contributed by atoms with E-state index in [1.165, 1.54) is 4.68 Å². The van der Waals surface area contributed by atoms with Crippen LogP contribution in [0.5, 0.6) is 5.75 Å². The summed E-state index contributed by atoms with van der Waals surface area (Å²) in [5.41, 5.74) is 0.985. The Morgan fingerprint density at radius 3 is 2.41 bits per heavy atom. The van der Waals surface area contributed by atoms with Gasteiger partial charge < -0.3 is 9.47 Å². The molecule has 0 radical (unpaired) electrons. The number of nitrogens with zero attached hydrogens (tertiary/aromatic N) is 3. The molecule has 0 bridgehead atoms. The van der Waals surface area contributed by atoms with Gasteiger partial charge in [-0.1, -0.05) is 42.5 Å². The fourth-order valence-corrected chi connectivity index (χ4v) is 3.18. The first kappa shape index (κ1) is 21.0. The van der Waals surface area contributed by atoms with E-state index in [4.69, 9.17) is 9.47 Å². The molecule has 0 amide bonds. The molecule has 0 aliphatic carbocycles. The molecule has 2 aromatic carbocycles. The third kappa shape index (κ3) is 5.65. The van der Waals surface area contributed by atoms with Gasteiger partial charge in [0.2, 0.25) is 0 Å². The molecule has 0 spiro atoms. The molecular formula is C21H22BrN3O4. The number of rotatable bonds is 9. The summed E-state index contributed by atoms with van der Waals surface area (Å²) in [6.45, 7) is 3.04. The second-order valence-corrected chi connectivity index (χ2v) is 7.07. The van der Waals surface area contributed by atoms with Crippen molar-refractivity contribution in [1.82, 2.24) is 14.3 Å². The molecule has 0 saturated heterocycles. The predicted molar refractivity (Wildman–Crippen MR) is 113 cm³/mol. The molecular weight excluding hydrogens is 438 g/mol. The predicted octanol–water partition coefficient (Wildman–Crippen LogP) is 2.98. The number of halogens is 1. The summed E-state index contributed by atoms with van der Waals surface area (Å²) in [6, 6.07) is 17.2. The molecule has 3 aromatic rings. The van der Waals surface area contributed by atoms with Gasteiger partial charge >= 0.3 is 5.69 Å². The quantitative estimate of drug-likeness (QED) is 0.491. The third-order valence-electron chi connectivity index (χ3n) is 4.26. The summed E-state index contributed by atoms with van der Waals surface area (Å²) in [7, 11) is 0. The van der Waals surface area contributed by atoms with Crippen LogP contribution in [0.15, 0.2) is 68.8 Å². The molecule has 0 fully saturated rings. The van der Waals surface area contributed by atoms with Crippen molar-refractivity contribution in [2.45, 2.75) is 33.2 Å². The van der Waals surface area contributed by atoms with Crippen molar-refractivity contribution in [3.05, 3.63) is 91.2 Å². The zero-order valence-electron chi connectivity index (χ0n) is 16.1. The Labute approximate surface area is 176 Å². The highest BCUT2D eigenvalue weighted by Gasteiger charge is 2.12. The topological polar surface area (TPSA) is 75.3 Å². The highest BCUT2D eigenvalue weighted by molar-refractivity contribution is 9.10. The van der Waals surface area contributed by atoms with Crippen LogP contribution in [0, 0.1) is 0 Å². The standard InChI is InChI=1S/C21H22BrN3O4/c1-2-29-18-10-8-16(9-11-18)12-13-25-21(27)24(20(26)19(22)23-25)15-28-14-17-6-4-3-5-7-17/h3-11H,2,12-15H2,1H3. The lowest BCUT2D eigenvalue weighted by molar-refractivity contribution is 0.0568. The van der Waals surface area contributed by atoms with E-state index in [-0.39, 0.29) is 11.3 Å². The Morgan fingerprint density at radius 2 is 1.72 bits per heavy atom. The van der Waals surface area contributed by atoms with E-state index in [1.54, 1.807) is 0 Å². The van der Waals surface area contributed by atoms with Gasteiger partial charge in [0.15, 0.2) is 4.60 Å². The number of aromatic nitrogens is 3. The molecule has 0 N–H and O–H groups in total. The minimum atomic E-state index is -0.514. The highest BCUT2D eigenvalue weighted by atomic mass is 79.9. The van der Waals surface area contributed by atoms with Crippen molar-refractivity contribution in [2.75, 3.05) is 6.61 Å². The summed E-state index contributed by atoms with van der Waals surface area (Å²) in [5, 5.41) is 4.07. The van der Waals surface area contributed by atoms with Crippen LogP contribution in [0.2, 0.25) is 0 Å². The van der Waals surface area contributed by atoms with E-state index in [0.29, 0.717) is 26.2 Å². The fourth-order valence-electron chi connectivity index (χ4n) is 2.77. The zero-order chi connectivity index (χ0) is 20.6. The van der Waals surface area contributed by atoms with Gasteiger partial charge in [-0.2, -0.15) is 5.10 Å². The van der Waals surface area contributed by atoms with E-state index in [1.807, 2.05) is 61.5 Å². The number of hydrogen-bond donors (Lipinski definition) is 0. The van der Waals surface area contributed by atoms with Crippen LogP contribution in [0.3, 0.4) is 0 Å². The van der Waals surface area contributed by atoms with E-state index in [9.17, 15) is 9.59 Å². The minimum Gasteiger partial charge on any atom is -0.494 e. The van der Waals surface area contributed by atoms with E-state index in [2.05, 4.69) is 21.0 Å². The lowest BCUT2D eigenvalue weighted by Crippen LogP contribution is -2.42. The fraction of sp³-hybridized carbons (Fsp3) is 0.286. The Hall–Kier alpha value is -2.71. The van der Waals surface area contributed by atoms with Crippen LogP contribution in [-0.4, -0.2) is 21.0 Å². The van der Waals surface area contributed by atoms with Gasteiger partial charge in [0.1, 0.15) is 12.5 Å². The maximum atomic E-state index is 12.7. The smallest absolute Gasteiger partial charge is 0.349 e. The lowest BCUT2D eigenvalue weighted by atomic mass is 10.1. The largest absolute Gasteiger partial charge is 0.494 e. The van der Waals surface area contributed by atoms with Gasteiger partial charge in [0.25, 0.3) is 5.56 Å². The van der Waals surface area contributed by atoms with E-state index >= 15 is 0 Å². The van der Waals surface area contributed by atoms with Gasteiger partial charge in [0, 0.05) is 0 Å². The third-order valence-corrected chi connectivity index (χ3v) is 4.76. The molecule has 152 valence electrons. The number of aryl methyl sites for hydroxylation is 2. The Bertz CT molecular complexity index is 1050. The van der Waals surface area contributed by atoms with Crippen molar-refractivity contribution >= 4 is 15.9 Å². The second-order valence-electron chi connectivity index (χ2n) is 6.32. The normalized spacial score (nSPS) is 10.8. The van der Waals surface area contributed by atoms with E-state index < -0.39 is 11.2 Å². The van der Waals surface area contributed by atoms with Crippen LogP contribution in [0.25, 0.3) is 0 Å². The zero-order valence-corrected chi connectivity index (χ0v) is 17.7. The molecule has 8 heteroatoms. The van der Waals surface area contributed by atoms with Gasteiger partial charge in [-0.25, -0.2) is 14.0 Å². The first-order valence-electron chi connectivity index (χ1n) is 9.29. The van der Waals surface area contributed by atoms with Crippen LogP contribution in [-0.2, 0) is 31.0 Å². The summed E-state index contributed by atoms with van der Waals surface area (Å²) in [5.74, 6) is 0.804. The molecule has 0 unspecified atom stereocenters. The van der Waals surface area contributed by atoms with E-state index in [0.717, 1.165) is 21.4 Å². The number of ether oxygens (including phenoxy) is 2. The van der Waals surface area contributed by atoms with Gasteiger partial charge in [-0.15, -0.1) is 0 Å². The highest BCUT2D eigenvalue weighted by Crippen LogP contribution is 2.12. The average molecular weight is 460 g/mol. The van der Waals surface area contributed by atoms with Crippen LogP contribution in [0.1, 0.15) is 18.1 Å². The maximum Gasteiger partial charge on any atom is 0.349 e. The molecule has 1 aromatic heterocycles. The van der Waals surface area contributed by atoms with Gasteiger partial charge in [-0.05, 0) is 52.5 Å². The SMILES string of the molecule is CCOc1ccc(CCn2nc(Br)c(=O)n(COCc3ccccc3)c2=O)cc1. The number of benzene rings is 2. The van der Waals surface area contributed by atoms with Crippen LogP contribution < -0.4 is 16.0 Å². The van der Waals surface area contributed by atoms with Crippen LogP contribution >= 0.6 is 15.9 Å². The monoisotopic (exact) mass is 459 g/mol. The second kappa shape index (κ2) is 10.2. The first-order chi connectivity index (χ1) is 14.1. The number of hydrogen-bond acceptors (Lipinski definition) is 5. The molecule has 0 atom stereocenters. The first-order valence-corrected chi connectivity index (χ1v) is 10.1. The molecule has 0 aliphatic heterocycles. The molecule has 29 heavy (non-hydrogen) atoms. The van der Waals surface area contributed by atoms with Crippen LogP contribution in [0.4, 0.5) is 0 Å². The minimum absolute atomic E-state index is 0.0760. The lowest BCUT2D eigenvalue weighted by Gasteiger charge is -2.11. The molecule has 7 nitrogen and oxygen atoms in total. The summed E-state index contributed by atoms with van der Waals surface area (Å²) < 4.78 is 13.4. The average Bonchev–Trinajstić information content (AvgIpc) is 2.74. The molecule has 1 heterocycles. The van der Waals surface area contributed by atoms with Gasteiger partial charge in [0.05, 0.1) is 19.8 Å². The molecule has 3 rings (SSSR count). The van der Waals surface area contributed by atoms with Crippen molar-refractivity contribution in [1.29, 1.82) is 0 Å². The van der Waals surface area contributed by atoms with Crippen molar-refractivity contribution in [3.63, 3.8) is 0 Å². The summed E-state index contributed by atoms with van der Waals surface area (Å²) in [4.78, 5) is 25.0. The Morgan fingerprint density at radius 1 is 1.00 bits per heavy atom. The summed E-state index contributed by atoms with van der Waals surface area (Å²) in [6.07, 6.45) is 0.592. The Kier molecular flexibility index (Phi) is 7.37.